The first-order valence-electron chi connectivity index (χ1n) is 9.12. The van der Waals surface area contributed by atoms with Crippen molar-refractivity contribution >= 4 is 11.7 Å². The Bertz CT molecular complexity index is 780. The molecule has 6 nitrogen and oxygen atoms in total. The lowest BCUT2D eigenvalue weighted by Crippen LogP contribution is -2.49. The SMILES string of the molecule is C[C@H](NC(=O)Nc1ccc(C#N)cc1)[C@H](c1ccccc1)N1CCOCC1. The van der Waals surface area contributed by atoms with Crippen LogP contribution in [0.5, 0.6) is 0 Å². The van der Waals surface area contributed by atoms with Crippen LogP contribution < -0.4 is 10.6 Å². The molecule has 2 amide bonds. The highest BCUT2D eigenvalue weighted by molar-refractivity contribution is 5.89. The topological polar surface area (TPSA) is 77.4 Å². The molecule has 6 heteroatoms. The number of morpholine rings is 1. The number of carbonyl (C=O) groups is 1. The number of hydrogen-bond donors (Lipinski definition) is 2. The molecule has 1 heterocycles. The molecular formula is C21H24N4O2. The molecule has 140 valence electrons. The third-order valence-electron chi connectivity index (χ3n) is 4.68. The van der Waals surface area contributed by atoms with Gasteiger partial charge in [-0.2, -0.15) is 5.26 Å². The number of amides is 2. The van der Waals surface area contributed by atoms with E-state index >= 15 is 0 Å². The average molecular weight is 364 g/mol. The lowest BCUT2D eigenvalue weighted by atomic mass is 9.98. The van der Waals surface area contributed by atoms with Crippen LogP contribution in [0.4, 0.5) is 10.5 Å². The van der Waals surface area contributed by atoms with E-state index in [0.717, 1.165) is 13.1 Å². The smallest absolute Gasteiger partial charge is 0.319 e. The lowest BCUT2D eigenvalue weighted by molar-refractivity contribution is 0.00974. The van der Waals surface area contributed by atoms with Crippen LogP contribution in [0.1, 0.15) is 24.1 Å². The summed E-state index contributed by atoms with van der Waals surface area (Å²) in [5.41, 5.74) is 2.39. The first-order chi connectivity index (χ1) is 13.2. The molecule has 2 atom stereocenters. The van der Waals surface area contributed by atoms with E-state index < -0.39 is 0 Å². The number of carbonyl (C=O) groups excluding carboxylic acids is 1. The van der Waals surface area contributed by atoms with Crippen LogP contribution >= 0.6 is 0 Å². The number of ether oxygens (including phenoxy) is 1. The quantitative estimate of drug-likeness (QED) is 0.854. The van der Waals surface area contributed by atoms with Gasteiger partial charge in [-0.1, -0.05) is 30.3 Å². The van der Waals surface area contributed by atoms with Gasteiger partial charge in [0.2, 0.25) is 0 Å². The van der Waals surface area contributed by atoms with Crippen molar-refractivity contribution in [3.63, 3.8) is 0 Å². The maximum absolute atomic E-state index is 12.5. The van der Waals surface area contributed by atoms with Crippen molar-refractivity contribution in [2.45, 2.75) is 19.0 Å². The van der Waals surface area contributed by atoms with Crippen molar-refractivity contribution in [3.8, 4) is 6.07 Å². The molecule has 0 radical (unpaired) electrons. The fourth-order valence-electron chi connectivity index (χ4n) is 3.40. The van der Waals surface area contributed by atoms with E-state index in [1.165, 1.54) is 5.56 Å². The van der Waals surface area contributed by atoms with E-state index in [4.69, 9.17) is 10.00 Å². The first kappa shape index (κ1) is 18.9. The maximum atomic E-state index is 12.5. The zero-order valence-corrected chi connectivity index (χ0v) is 15.4. The second kappa shape index (κ2) is 9.17. The van der Waals surface area contributed by atoms with Gasteiger partial charge >= 0.3 is 6.03 Å². The summed E-state index contributed by atoms with van der Waals surface area (Å²) in [6.07, 6.45) is 0. The van der Waals surface area contributed by atoms with Gasteiger partial charge in [-0.25, -0.2) is 4.79 Å². The highest BCUT2D eigenvalue weighted by Crippen LogP contribution is 2.25. The molecule has 1 aliphatic rings. The number of urea groups is 1. The molecule has 0 aliphatic carbocycles. The monoisotopic (exact) mass is 364 g/mol. The standard InChI is InChI=1S/C21H24N4O2/c1-16(23-21(26)24-19-9-7-17(15-22)8-10-19)20(18-5-3-2-4-6-18)25-11-13-27-14-12-25/h2-10,16,20H,11-14H2,1H3,(H2,23,24,26)/t16-,20+/m0/s1. The predicted molar refractivity (Wildman–Crippen MR) is 104 cm³/mol. The Labute approximate surface area is 159 Å². The van der Waals surface area contributed by atoms with Crippen LogP contribution in [0.2, 0.25) is 0 Å². The van der Waals surface area contributed by atoms with Crippen LogP contribution in [0.3, 0.4) is 0 Å². The minimum absolute atomic E-state index is 0.0711. The summed E-state index contributed by atoms with van der Waals surface area (Å²) in [5, 5.41) is 14.7. The largest absolute Gasteiger partial charge is 0.379 e. The fourth-order valence-corrected chi connectivity index (χ4v) is 3.40. The van der Waals surface area contributed by atoms with E-state index in [1.807, 2.05) is 25.1 Å². The van der Waals surface area contributed by atoms with Gasteiger partial charge in [-0.3, -0.25) is 4.90 Å². The Balaban J connectivity index is 1.68. The van der Waals surface area contributed by atoms with E-state index in [9.17, 15) is 4.79 Å². The summed E-state index contributed by atoms with van der Waals surface area (Å²) < 4.78 is 5.48. The summed E-state index contributed by atoms with van der Waals surface area (Å²) in [6.45, 7) is 5.10. The van der Waals surface area contributed by atoms with Crippen LogP contribution in [-0.2, 0) is 4.74 Å². The van der Waals surface area contributed by atoms with Gasteiger partial charge in [-0.15, -0.1) is 0 Å². The lowest BCUT2D eigenvalue weighted by Gasteiger charge is -2.38. The third kappa shape index (κ3) is 5.07. The van der Waals surface area contributed by atoms with Crippen molar-refractivity contribution in [3.05, 3.63) is 65.7 Å². The van der Waals surface area contributed by atoms with E-state index in [0.29, 0.717) is 24.5 Å². The van der Waals surface area contributed by atoms with Crippen LogP contribution in [0, 0.1) is 11.3 Å². The molecule has 2 aromatic carbocycles. The minimum Gasteiger partial charge on any atom is -0.379 e. The number of hydrogen-bond acceptors (Lipinski definition) is 4. The van der Waals surface area contributed by atoms with Crippen molar-refractivity contribution < 1.29 is 9.53 Å². The number of anilines is 1. The van der Waals surface area contributed by atoms with Crippen LogP contribution in [-0.4, -0.2) is 43.3 Å². The van der Waals surface area contributed by atoms with Crippen molar-refractivity contribution in [2.24, 2.45) is 0 Å². The van der Waals surface area contributed by atoms with Gasteiger partial charge in [0.15, 0.2) is 0 Å². The van der Waals surface area contributed by atoms with Gasteiger partial charge in [-0.05, 0) is 36.8 Å². The summed E-state index contributed by atoms with van der Waals surface area (Å²) in [7, 11) is 0. The third-order valence-corrected chi connectivity index (χ3v) is 4.68. The highest BCUT2D eigenvalue weighted by atomic mass is 16.5. The van der Waals surface area contributed by atoms with Crippen molar-refractivity contribution in [1.29, 1.82) is 5.26 Å². The van der Waals surface area contributed by atoms with Crippen molar-refractivity contribution in [1.82, 2.24) is 10.2 Å². The Morgan fingerprint density at radius 3 is 2.41 bits per heavy atom. The Morgan fingerprint density at radius 2 is 1.78 bits per heavy atom. The van der Waals surface area contributed by atoms with E-state index in [2.05, 4.69) is 33.7 Å². The van der Waals surface area contributed by atoms with Gasteiger partial charge in [0, 0.05) is 24.8 Å². The maximum Gasteiger partial charge on any atom is 0.319 e. The molecule has 2 N–H and O–H groups in total. The van der Waals surface area contributed by atoms with Gasteiger partial charge in [0.1, 0.15) is 0 Å². The highest BCUT2D eigenvalue weighted by Gasteiger charge is 2.28. The summed E-state index contributed by atoms with van der Waals surface area (Å²) in [5.74, 6) is 0. The molecule has 3 rings (SSSR count). The molecule has 0 bridgehead atoms. The van der Waals surface area contributed by atoms with Gasteiger partial charge in [0.25, 0.3) is 0 Å². The summed E-state index contributed by atoms with van der Waals surface area (Å²) >= 11 is 0. The van der Waals surface area contributed by atoms with E-state index in [-0.39, 0.29) is 18.1 Å². The Kier molecular flexibility index (Phi) is 6.42. The average Bonchev–Trinajstić information content (AvgIpc) is 2.70. The predicted octanol–water partition coefficient (Wildman–Crippen LogP) is 3.14. The molecule has 2 aromatic rings. The molecule has 0 aromatic heterocycles. The van der Waals surface area contributed by atoms with E-state index in [1.54, 1.807) is 24.3 Å². The Morgan fingerprint density at radius 1 is 1.11 bits per heavy atom. The fraction of sp³-hybridized carbons (Fsp3) is 0.333. The number of benzene rings is 2. The second-order valence-corrected chi connectivity index (χ2v) is 6.58. The van der Waals surface area contributed by atoms with Crippen LogP contribution in [0.25, 0.3) is 0 Å². The molecule has 1 saturated heterocycles. The van der Waals surface area contributed by atoms with Crippen LogP contribution in [0.15, 0.2) is 54.6 Å². The summed E-state index contributed by atoms with van der Waals surface area (Å²) in [6, 6.07) is 18.8. The number of nitrogens with zero attached hydrogens (tertiary/aromatic N) is 2. The summed E-state index contributed by atoms with van der Waals surface area (Å²) in [4.78, 5) is 14.8. The van der Waals surface area contributed by atoms with Gasteiger partial charge < -0.3 is 15.4 Å². The van der Waals surface area contributed by atoms with Gasteiger partial charge in [0.05, 0.1) is 30.9 Å². The number of nitriles is 1. The number of nitrogens with one attached hydrogen (secondary N) is 2. The molecule has 1 fully saturated rings. The molecule has 0 unspecified atom stereocenters. The molecule has 27 heavy (non-hydrogen) atoms. The Hall–Kier alpha value is -2.88. The number of rotatable bonds is 5. The first-order valence-corrected chi connectivity index (χ1v) is 9.12. The molecular weight excluding hydrogens is 340 g/mol. The zero-order valence-electron chi connectivity index (χ0n) is 15.4. The normalized spacial score (nSPS) is 16.7. The van der Waals surface area contributed by atoms with Crippen molar-refractivity contribution in [2.75, 3.05) is 31.6 Å². The zero-order chi connectivity index (χ0) is 19.1. The molecule has 1 aliphatic heterocycles. The molecule has 0 spiro atoms. The second-order valence-electron chi connectivity index (χ2n) is 6.58. The minimum atomic E-state index is -0.263. The molecule has 0 saturated carbocycles.